The van der Waals surface area contributed by atoms with Gasteiger partial charge in [0.15, 0.2) is 0 Å². The van der Waals surface area contributed by atoms with E-state index in [9.17, 15) is 4.79 Å². The van der Waals surface area contributed by atoms with Crippen LogP contribution in [0.2, 0.25) is 0 Å². The average molecular weight is 201 g/mol. The monoisotopic (exact) mass is 201 g/mol. The van der Waals surface area contributed by atoms with E-state index in [1.807, 2.05) is 13.8 Å². The molecule has 14 heavy (non-hydrogen) atoms. The van der Waals surface area contributed by atoms with Gasteiger partial charge in [-0.25, -0.2) is 4.79 Å². The van der Waals surface area contributed by atoms with Crippen molar-refractivity contribution in [1.29, 1.82) is 0 Å². The number of nitrogens with two attached hydrogens (primary N) is 1. The van der Waals surface area contributed by atoms with E-state index < -0.39 is 0 Å². The molecule has 0 aromatic carbocycles. The largest absolute Gasteiger partial charge is 0.338 e. The van der Waals surface area contributed by atoms with Crippen LogP contribution in [0.3, 0.4) is 0 Å². The van der Waals surface area contributed by atoms with Crippen LogP contribution in [0.1, 0.15) is 33.6 Å². The molecule has 0 fully saturated rings. The molecule has 0 saturated heterocycles. The van der Waals surface area contributed by atoms with Crippen molar-refractivity contribution in [3.63, 3.8) is 0 Å². The standard InChI is InChI=1S/C10H23N3O/c1-4-5-6-12-10(14)13-9(3)8(2)7-11/h8-9H,4-7,11H2,1-3H3,(H2,12,13,14). The maximum absolute atomic E-state index is 11.3. The van der Waals surface area contributed by atoms with Crippen LogP contribution in [-0.4, -0.2) is 25.2 Å². The number of carbonyl (C=O) groups excluding carboxylic acids is 1. The Morgan fingerprint density at radius 1 is 1.43 bits per heavy atom. The highest BCUT2D eigenvalue weighted by molar-refractivity contribution is 5.74. The van der Waals surface area contributed by atoms with Gasteiger partial charge in [0, 0.05) is 12.6 Å². The smallest absolute Gasteiger partial charge is 0.315 e. The molecule has 0 aliphatic rings. The predicted molar refractivity (Wildman–Crippen MR) is 59.1 cm³/mol. The Morgan fingerprint density at radius 2 is 2.07 bits per heavy atom. The van der Waals surface area contributed by atoms with E-state index in [1.165, 1.54) is 0 Å². The first-order valence-corrected chi connectivity index (χ1v) is 5.36. The van der Waals surface area contributed by atoms with E-state index in [0.717, 1.165) is 19.4 Å². The molecule has 4 nitrogen and oxygen atoms in total. The molecule has 0 aliphatic heterocycles. The van der Waals surface area contributed by atoms with Gasteiger partial charge in [-0.15, -0.1) is 0 Å². The second-order valence-electron chi connectivity index (χ2n) is 3.76. The molecular weight excluding hydrogens is 178 g/mol. The minimum absolute atomic E-state index is 0.0914. The fourth-order valence-electron chi connectivity index (χ4n) is 0.983. The Labute approximate surface area is 86.6 Å². The van der Waals surface area contributed by atoms with Gasteiger partial charge >= 0.3 is 6.03 Å². The minimum Gasteiger partial charge on any atom is -0.338 e. The highest BCUT2D eigenvalue weighted by Crippen LogP contribution is 1.98. The lowest BCUT2D eigenvalue weighted by Crippen LogP contribution is -2.45. The molecule has 0 aromatic rings. The summed E-state index contributed by atoms with van der Waals surface area (Å²) in [4.78, 5) is 11.3. The summed E-state index contributed by atoms with van der Waals surface area (Å²) in [5.74, 6) is 0.312. The molecule has 2 unspecified atom stereocenters. The van der Waals surface area contributed by atoms with Crippen molar-refractivity contribution in [3.05, 3.63) is 0 Å². The molecule has 0 bridgehead atoms. The van der Waals surface area contributed by atoms with Gasteiger partial charge < -0.3 is 16.4 Å². The van der Waals surface area contributed by atoms with Crippen molar-refractivity contribution in [2.45, 2.75) is 39.7 Å². The van der Waals surface area contributed by atoms with E-state index in [2.05, 4.69) is 17.6 Å². The van der Waals surface area contributed by atoms with Crippen LogP contribution in [0.25, 0.3) is 0 Å². The number of carbonyl (C=O) groups is 1. The molecule has 0 spiro atoms. The van der Waals surface area contributed by atoms with Crippen molar-refractivity contribution in [2.75, 3.05) is 13.1 Å². The fraction of sp³-hybridized carbons (Fsp3) is 0.900. The zero-order valence-electron chi connectivity index (χ0n) is 9.47. The summed E-state index contributed by atoms with van der Waals surface area (Å²) >= 11 is 0. The highest BCUT2D eigenvalue weighted by atomic mass is 16.2. The van der Waals surface area contributed by atoms with Crippen molar-refractivity contribution >= 4 is 6.03 Å². The van der Waals surface area contributed by atoms with E-state index >= 15 is 0 Å². The number of hydrogen-bond acceptors (Lipinski definition) is 2. The van der Waals surface area contributed by atoms with Crippen LogP contribution in [0.5, 0.6) is 0 Å². The summed E-state index contributed by atoms with van der Waals surface area (Å²) in [7, 11) is 0. The molecule has 2 atom stereocenters. The molecule has 0 saturated carbocycles. The summed E-state index contributed by atoms with van der Waals surface area (Å²) in [6.45, 7) is 7.43. The lowest BCUT2D eigenvalue weighted by molar-refractivity contribution is 0.233. The maximum atomic E-state index is 11.3. The van der Waals surface area contributed by atoms with Crippen LogP contribution in [0, 0.1) is 5.92 Å². The first kappa shape index (κ1) is 13.2. The summed E-state index contributed by atoms with van der Waals surface area (Å²) in [5, 5.41) is 5.66. The van der Waals surface area contributed by atoms with E-state index in [1.54, 1.807) is 0 Å². The molecule has 84 valence electrons. The predicted octanol–water partition coefficient (Wildman–Crippen LogP) is 1.07. The van der Waals surface area contributed by atoms with E-state index in [4.69, 9.17) is 5.73 Å². The van der Waals surface area contributed by atoms with Gasteiger partial charge in [0.05, 0.1) is 0 Å². The molecular formula is C10H23N3O. The third kappa shape index (κ3) is 5.80. The maximum Gasteiger partial charge on any atom is 0.315 e. The Hall–Kier alpha value is -0.770. The Balaban J connectivity index is 3.60. The number of nitrogens with one attached hydrogen (secondary N) is 2. The lowest BCUT2D eigenvalue weighted by Gasteiger charge is -2.19. The van der Waals surface area contributed by atoms with Crippen LogP contribution in [0.4, 0.5) is 4.79 Å². The SMILES string of the molecule is CCCCNC(=O)NC(C)C(C)CN. The van der Waals surface area contributed by atoms with E-state index in [-0.39, 0.29) is 12.1 Å². The topological polar surface area (TPSA) is 67.2 Å². The lowest BCUT2D eigenvalue weighted by atomic mass is 10.0. The minimum atomic E-state index is -0.0914. The molecule has 0 heterocycles. The summed E-state index contributed by atoms with van der Waals surface area (Å²) in [6, 6.07) is 0.0351. The van der Waals surface area contributed by atoms with Crippen molar-refractivity contribution in [3.8, 4) is 0 Å². The molecule has 0 aromatic heterocycles. The summed E-state index contributed by atoms with van der Waals surface area (Å²) < 4.78 is 0. The number of unbranched alkanes of at least 4 members (excludes halogenated alkanes) is 1. The van der Waals surface area contributed by atoms with Crippen molar-refractivity contribution in [1.82, 2.24) is 10.6 Å². The van der Waals surface area contributed by atoms with E-state index in [0.29, 0.717) is 12.5 Å². The third-order valence-corrected chi connectivity index (χ3v) is 2.40. The second kappa shape index (κ2) is 7.62. The number of urea groups is 1. The van der Waals surface area contributed by atoms with Gasteiger partial charge in [-0.1, -0.05) is 20.3 Å². The Morgan fingerprint density at radius 3 is 2.57 bits per heavy atom. The Kier molecular flexibility index (Phi) is 7.20. The highest BCUT2D eigenvalue weighted by Gasteiger charge is 2.12. The van der Waals surface area contributed by atoms with Gasteiger partial charge in [0.25, 0.3) is 0 Å². The first-order chi connectivity index (χ1) is 6.61. The summed E-state index contributed by atoms with van der Waals surface area (Å²) in [5.41, 5.74) is 5.50. The summed E-state index contributed by atoms with van der Waals surface area (Å²) in [6.07, 6.45) is 2.11. The fourth-order valence-corrected chi connectivity index (χ4v) is 0.983. The number of rotatable bonds is 6. The quantitative estimate of drug-likeness (QED) is 0.563. The van der Waals surface area contributed by atoms with Crippen LogP contribution >= 0.6 is 0 Å². The molecule has 0 radical (unpaired) electrons. The van der Waals surface area contributed by atoms with Gasteiger partial charge in [-0.05, 0) is 25.8 Å². The third-order valence-electron chi connectivity index (χ3n) is 2.40. The zero-order valence-corrected chi connectivity index (χ0v) is 9.47. The van der Waals surface area contributed by atoms with Gasteiger partial charge in [-0.3, -0.25) is 0 Å². The number of amides is 2. The first-order valence-electron chi connectivity index (χ1n) is 5.36. The van der Waals surface area contributed by atoms with Crippen molar-refractivity contribution in [2.24, 2.45) is 11.7 Å². The van der Waals surface area contributed by atoms with Gasteiger partial charge in [0.1, 0.15) is 0 Å². The molecule has 2 amide bonds. The average Bonchev–Trinajstić information content (AvgIpc) is 2.16. The molecule has 0 aliphatic carbocycles. The van der Waals surface area contributed by atoms with Gasteiger partial charge in [-0.2, -0.15) is 0 Å². The van der Waals surface area contributed by atoms with Crippen molar-refractivity contribution < 1.29 is 4.79 Å². The van der Waals surface area contributed by atoms with Crippen LogP contribution in [-0.2, 0) is 0 Å². The molecule has 4 N–H and O–H groups in total. The normalized spacial score (nSPS) is 14.6. The van der Waals surface area contributed by atoms with Crippen LogP contribution in [0.15, 0.2) is 0 Å². The van der Waals surface area contributed by atoms with Gasteiger partial charge in [0.2, 0.25) is 0 Å². The number of hydrogen-bond donors (Lipinski definition) is 3. The molecule has 4 heteroatoms. The molecule has 0 rings (SSSR count). The Bertz CT molecular complexity index is 161. The zero-order chi connectivity index (χ0) is 11.0. The second-order valence-corrected chi connectivity index (χ2v) is 3.76. The van der Waals surface area contributed by atoms with Crippen LogP contribution < -0.4 is 16.4 Å².